The number of aromatic nitrogens is 3. The first-order chi connectivity index (χ1) is 9.63. The molecule has 2 aromatic rings. The van der Waals surface area contributed by atoms with Crippen LogP contribution in [0.5, 0.6) is 0 Å². The lowest BCUT2D eigenvalue weighted by Crippen LogP contribution is -2.41. The molecule has 0 spiro atoms. The van der Waals surface area contributed by atoms with Crippen molar-refractivity contribution in [2.45, 2.75) is 32.4 Å². The Morgan fingerprint density at radius 2 is 2.10 bits per heavy atom. The predicted octanol–water partition coefficient (Wildman–Crippen LogP) is 1.98. The maximum absolute atomic E-state index is 12.2. The second-order valence-electron chi connectivity index (χ2n) is 4.99. The number of hydrogen-bond donors (Lipinski definition) is 1. The van der Waals surface area contributed by atoms with Crippen LogP contribution in [0, 0.1) is 6.92 Å². The molecule has 0 bridgehead atoms. The largest absolute Gasteiger partial charge is 0.347 e. The third-order valence-corrected chi connectivity index (χ3v) is 3.83. The summed E-state index contributed by atoms with van der Waals surface area (Å²) in [5.74, 6) is 1.82. The van der Waals surface area contributed by atoms with Crippen LogP contribution in [0.3, 0.4) is 0 Å². The topological polar surface area (TPSA) is 59.8 Å². The minimum Gasteiger partial charge on any atom is -0.347 e. The fourth-order valence-corrected chi connectivity index (χ4v) is 2.58. The zero-order valence-corrected chi connectivity index (χ0v) is 11.9. The van der Waals surface area contributed by atoms with Crippen LogP contribution in [0.15, 0.2) is 24.3 Å². The van der Waals surface area contributed by atoms with Crippen molar-refractivity contribution in [3.8, 4) is 0 Å². The van der Waals surface area contributed by atoms with E-state index in [9.17, 15) is 4.79 Å². The monoisotopic (exact) mass is 290 g/mol. The van der Waals surface area contributed by atoms with Gasteiger partial charge in [-0.2, -0.15) is 0 Å². The van der Waals surface area contributed by atoms with Crippen molar-refractivity contribution in [2.24, 2.45) is 0 Å². The van der Waals surface area contributed by atoms with Crippen molar-refractivity contribution in [1.82, 2.24) is 20.1 Å². The molecule has 1 unspecified atom stereocenters. The number of aryl methyl sites for hydroxylation is 2. The molecule has 1 aliphatic heterocycles. The number of fused-ring (bicyclic) bond motifs is 1. The smallest absolute Gasteiger partial charge is 0.251 e. The Kier molecular flexibility index (Phi) is 3.44. The number of nitrogens with one attached hydrogen (secondary N) is 1. The van der Waals surface area contributed by atoms with Crippen LogP contribution in [0.2, 0.25) is 5.02 Å². The number of nitrogens with zero attached hydrogens (tertiary/aromatic N) is 3. The lowest BCUT2D eigenvalue weighted by Gasteiger charge is -2.24. The molecule has 1 N–H and O–H groups in total. The Bertz CT molecular complexity index is 635. The highest BCUT2D eigenvalue weighted by molar-refractivity contribution is 6.30. The van der Waals surface area contributed by atoms with E-state index in [0.717, 1.165) is 31.0 Å². The van der Waals surface area contributed by atoms with Crippen molar-refractivity contribution in [3.63, 3.8) is 0 Å². The third-order valence-electron chi connectivity index (χ3n) is 3.57. The van der Waals surface area contributed by atoms with Gasteiger partial charge in [-0.05, 0) is 37.6 Å². The maximum Gasteiger partial charge on any atom is 0.251 e. The van der Waals surface area contributed by atoms with Crippen LogP contribution in [-0.4, -0.2) is 26.7 Å². The predicted molar refractivity (Wildman–Crippen MR) is 75.8 cm³/mol. The van der Waals surface area contributed by atoms with E-state index < -0.39 is 0 Å². The lowest BCUT2D eigenvalue weighted by atomic mass is 10.1. The SMILES string of the molecule is Cc1nnc2n1CC(NC(=O)c1ccc(Cl)cc1)CC2. The quantitative estimate of drug-likeness (QED) is 0.920. The van der Waals surface area contributed by atoms with Crippen molar-refractivity contribution in [3.05, 3.63) is 46.5 Å². The second kappa shape index (κ2) is 5.25. The molecule has 1 aliphatic rings. The molecular formula is C14H15ClN4O. The number of amides is 1. The molecule has 0 radical (unpaired) electrons. The van der Waals surface area contributed by atoms with Gasteiger partial charge in [0.05, 0.1) is 0 Å². The summed E-state index contributed by atoms with van der Waals surface area (Å²) in [6, 6.07) is 7.02. The number of hydrogen-bond acceptors (Lipinski definition) is 3. The first-order valence-electron chi connectivity index (χ1n) is 6.58. The van der Waals surface area contributed by atoms with Crippen molar-refractivity contribution >= 4 is 17.5 Å². The summed E-state index contributed by atoms with van der Waals surface area (Å²) >= 11 is 5.82. The summed E-state index contributed by atoms with van der Waals surface area (Å²) in [4.78, 5) is 12.2. The van der Waals surface area contributed by atoms with E-state index in [2.05, 4.69) is 20.1 Å². The number of carbonyl (C=O) groups is 1. The minimum absolute atomic E-state index is 0.0687. The van der Waals surface area contributed by atoms with Gasteiger partial charge in [0.2, 0.25) is 0 Å². The maximum atomic E-state index is 12.2. The van der Waals surface area contributed by atoms with E-state index >= 15 is 0 Å². The summed E-state index contributed by atoms with van der Waals surface area (Å²) < 4.78 is 2.07. The van der Waals surface area contributed by atoms with Gasteiger partial charge >= 0.3 is 0 Å². The first-order valence-corrected chi connectivity index (χ1v) is 6.96. The number of benzene rings is 1. The van der Waals surface area contributed by atoms with Gasteiger partial charge in [-0.15, -0.1) is 10.2 Å². The van der Waals surface area contributed by atoms with Gasteiger partial charge in [-0.3, -0.25) is 4.79 Å². The lowest BCUT2D eigenvalue weighted by molar-refractivity contribution is 0.0927. The number of halogens is 1. The molecule has 6 heteroatoms. The summed E-state index contributed by atoms with van der Waals surface area (Å²) in [7, 11) is 0. The highest BCUT2D eigenvalue weighted by atomic mass is 35.5. The standard InChI is InChI=1S/C14H15ClN4O/c1-9-17-18-13-7-6-12(8-19(9)13)16-14(20)10-2-4-11(15)5-3-10/h2-5,12H,6-8H2,1H3,(H,16,20). The number of rotatable bonds is 2. The molecule has 20 heavy (non-hydrogen) atoms. The third kappa shape index (κ3) is 2.54. The van der Waals surface area contributed by atoms with E-state index in [1.54, 1.807) is 24.3 Å². The molecule has 0 saturated carbocycles. The Morgan fingerprint density at radius 3 is 2.85 bits per heavy atom. The molecule has 1 aromatic carbocycles. The molecule has 0 fully saturated rings. The molecule has 1 aromatic heterocycles. The Morgan fingerprint density at radius 1 is 1.35 bits per heavy atom. The van der Waals surface area contributed by atoms with E-state index in [-0.39, 0.29) is 11.9 Å². The van der Waals surface area contributed by atoms with E-state index in [1.165, 1.54) is 0 Å². The zero-order chi connectivity index (χ0) is 14.1. The Balaban J connectivity index is 1.69. The molecule has 1 atom stereocenters. The first kappa shape index (κ1) is 13.1. The highest BCUT2D eigenvalue weighted by Gasteiger charge is 2.23. The highest BCUT2D eigenvalue weighted by Crippen LogP contribution is 2.15. The van der Waals surface area contributed by atoms with Gasteiger partial charge in [0.1, 0.15) is 11.6 Å². The van der Waals surface area contributed by atoms with Crippen LogP contribution >= 0.6 is 11.6 Å². The fraction of sp³-hybridized carbons (Fsp3) is 0.357. The van der Waals surface area contributed by atoms with Crippen LogP contribution < -0.4 is 5.32 Å². The second-order valence-corrected chi connectivity index (χ2v) is 5.43. The molecule has 104 valence electrons. The fourth-order valence-electron chi connectivity index (χ4n) is 2.45. The van der Waals surface area contributed by atoms with Gasteiger partial charge in [0, 0.05) is 29.6 Å². The molecule has 0 aliphatic carbocycles. The van der Waals surface area contributed by atoms with Crippen LogP contribution in [0.1, 0.15) is 28.4 Å². The Hall–Kier alpha value is -1.88. The minimum atomic E-state index is -0.0687. The number of carbonyl (C=O) groups excluding carboxylic acids is 1. The zero-order valence-electron chi connectivity index (χ0n) is 11.1. The normalized spacial score (nSPS) is 17.6. The molecular weight excluding hydrogens is 276 g/mol. The van der Waals surface area contributed by atoms with E-state index in [1.807, 2.05) is 6.92 Å². The van der Waals surface area contributed by atoms with Crippen LogP contribution in [0.4, 0.5) is 0 Å². The summed E-state index contributed by atoms with van der Waals surface area (Å²) in [6.45, 7) is 2.66. The van der Waals surface area contributed by atoms with Gasteiger partial charge in [-0.25, -0.2) is 0 Å². The average Bonchev–Trinajstić information content (AvgIpc) is 2.81. The van der Waals surface area contributed by atoms with Gasteiger partial charge in [0.15, 0.2) is 0 Å². The van der Waals surface area contributed by atoms with Gasteiger partial charge < -0.3 is 9.88 Å². The molecule has 1 amide bonds. The van der Waals surface area contributed by atoms with E-state index in [0.29, 0.717) is 10.6 Å². The van der Waals surface area contributed by atoms with E-state index in [4.69, 9.17) is 11.6 Å². The van der Waals surface area contributed by atoms with Crippen LogP contribution in [-0.2, 0) is 13.0 Å². The molecule has 2 heterocycles. The summed E-state index contributed by atoms with van der Waals surface area (Å²) in [5, 5.41) is 11.9. The van der Waals surface area contributed by atoms with Crippen LogP contribution in [0.25, 0.3) is 0 Å². The van der Waals surface area contributed by atoms with Gasteiger partial charge in [0.25, 0.3) is 5.91 Å². The Labute approximate surface area is 122 Å². The van der Waals surface area contributed by atoms with Crippen molar-refractivity contribution < 1.29 is 4.79 Å². The molecule has 3 rings (SSSR count). The van der Waals surface area contributed by atoms with Gasteiger partial charge in [-0.1, -0.05) is 11.6 Å². The van der Waals surface area contributed by atoms with Crippen molar-refractivity contribution in [1.29, 1.82) is 0 Å². The van der Waals surface area contributed by atoms with Crippen molar-refractivity contribution in [2.75, 3.05) is 0 Å². The summed E-state index contributed by atoms with van der Waals surface area (Å²) in [5.41, 5.74) is 0.626. The molecule has 0 saturated heterocycles. The average molecular weight is 291 g/mol. The summed E-state index contributed by atoms with van der Waals surface area (Å²) in [6.07, 6.45) is 1.73. The molecule has 5 nitrogen and oxygen atoms in total.